The van der Waals surface area contributed by atoms with Crippen molar-refractivity contribution in [3.05, 3.63) is 62.8 Å². The Kier molecular flexibility index (Phi) is 5.19. The van der Waals surface area contributed by atoms with Crippen molar-refractivity contribution < 1.29 is 19.1 Å². The van der Waals surface area contributed by atoms with E-state index in [2.05, 4.69) is 10.1 Å². The summed E-state index contributed by atoms with van der Waals surface area (Å²) in [5.74, 6) is -1.42. The highest BCUT2D eigenvalue weighted by atomic mass is 16.5. The topological polar surface area (TPSA) is 111 Å². The number of H-pyrrole nitrogens is 1. The van der Waals surface area contributed by atoms with Crippen LogP contribution in [-0.2, 0) is 11.8 Å². The summed E-state index contributed by atoms with van der Waals surface area (Å²) in [4.78, 5) is 52.4. The zero-order valence-electron chi connectivity index (χ0n) is 16.8. The first kappa shape index (κ1) is 20.2. The molecule has 150 valence electrons. The lowest BCUT2D eigenvalue weighted by molar-refractivity contribution is 0.0311. The quantitative estimate of drug-likeness (QED) is 0.525. The molecule has 0 aliphatic rings. The fraction of sp³-hybridized carbons (Fsp3) is 0.286. The molecule has 0 saturated heterocycles. The summed E-state index contributed by atoms with van der Waals surface area (Å²) in [7, 11) is 1.44. The molecule has 3 rings (SSSR count). The molecule has 3 aromatic rings. The molecule has 2 heterocycles. The Labute approximate surface area is 166 Å². The van der Waals surface area contributed by atoms with Crippen LogP contribution in [-0.4, -0.2) is 38.4 Å². The van der Waals surface area contributed by atoms with Crippen LogP contribution < -0.4 is 5.56 Å². The molecule has 2 aromatic heterocycles. The summed E-state index contributed by atoms with van der Waals surface area (Å²) in [5, 5.41) is 4.69. The van der Waals surface area contributed by atoms with Crippen LogP contribution in [0.4, 0.5) is 0 Å². The van der Waals surface area contributed by atoms with Crippen LogP contribution in [0.5, 0.6) is 0 Å². The predicted octanol–water partition coefficient (Wildman–Crippen LogP) is 2.51. The van der Waals surface area contributed by atoms with Crippen molar-refractivity contribution in [1.29, 1.82) is 0 Å². The van der Waals surface area contributed by atoms with E-state index in [0.29, 0.717) is 27.6 Å². The number of nitrogens with zero attached hydrogens (tertiary/aromatic N) is 2. The molecule has 0 bridgehead atoms. The summed E-state index contributed by atoms with van der Waals surface area (Å²) < 4.78 is 6.41. The first-order valence-electron chi connectivity index (χ1n) is 9.04. The number of aromatic amines is 1. The number of nitrogens with one attached hydrogen (secondary N) is 1. The SMILES string of the molecule is CC(=O)c1c(C)[nH]c(C(=O)[C@H](C)OC(=O)c2nn(C)c(=O)c3ccccc23)c1C. The van der Waals surface area contributed by atoms with Crippen LogP contribution in [0, 0.1) is 13.8 Å². The first-order chi connectivity index (χ1) is 13.6. The number of fused-ring (bicyclic) bond motifs is 1. The summed E-state index contributed by atoms with van der Waals surface area (Å²) in [6, 6.07) is 6.57. The van der Waals surface area contributed by atoms with Gasteiger partial charge in [0.05, 0.1) is 11.1 Å². The van der Waals surface area contributed by atoms with Crippen LogP contribution >= 0.6 is 0 Å². The largest absolute Gasteiger partial charge is 0.449 e. The molecular weight excluding hydrogens is 374 g/mol. The van der Waals surface area contributed by atoms with Gasteiger partial charge in [0, 0.05) is 23.7 Å². The van der Waals surface area contributed by atoms with E-state index in [0.717, 1.165) is 4.68 Å². The maximum atomic E-state index is 12.8. The minimum atomic E-state index is -1.11. The Hall–Kier alpha value is -3.55. The molecule has 1 atom stereocenters. The van der Waals surface area contributed by atoms with E-state index >= 15 is 0 Å². The number of ether oxygens (including phenoxy) is 1. The van der Waals surface area contributed by atoms with Gasteiger partial charge in [-0.3, -0.25) is 14.4 Å². The number of carbonyl (C=O) groups is 3. The van der Waals surface area contributed by atoms with E-state index in [-0.39, 0.29) is 22.7 Å². The molecule has 8 heteroatoms. The minimum Gasteiger partial charge on any atom is -0.449 e. The third-order valence-electron chi connectivity index (χ3n) is 4.84. The van der Waals surface area contributed by atoms with Crippen LogP contribution in [0.25, 0.3) is 10.8 Å². The van der Waals surface area contributed by atoms with Crippen molar-refractivity contribution in [2.75, 3.05) is 0 Å². The van der Waals surface area contributed by atoms with Crippen molar-refractivity contribution >= 4 is 28.3 Å². The normalized spacial score (nSPS) is 12.0. The second kappa shape index (κ2) is 7.46. The lowest BCUT2D eigenvalue weighted by atomic mass is 10.0. The van der Waals surface area contributed by atoms with Gasteiger partial charge < -0.3 is 9.72 Å². The predicted molar refractivity (Wildman–Crippen MR) is 106 cm³/mol. The molecule has 0 saturated carbocycles. The maximum Gasteiger partial charge on any atom is 0.360 e. The van der Waals surface area contributed by atoms with Gasteiger partial charge in [0.15, 0.2) is 17.6 Å². The van der Waals surface area contributed by atoms with Crippen molar-refractivity contribution in [3.8, 4) is 0 Å². The van der Waals surface area contributed by atoms with Crippen molar-refractivity contribution in [2.45, 2.75) is 33.8 Å². The van der Waals surface area contributed by atoms with Crippen molar-refractivity contribution in [1.82, 2.24) is 14.8 Å². The Balaban J connectivity index is 1.93. The summed E-state index contributed by atoms with van der Waals surface area (Å²) >= 11 is 0. The molecule has 29 heavy (non-hydrogen) atoms. The highest BCUT2D eigenvalue weighted by Gasteiger charge is 2.27. The molecule has 0 radical (unpaired) electrons. The van der Waals surface area contributed by atoms with Crippen LogP contribution in [0.2, 0.25) is 0 Å². The number of rotatable bonds is 5. The summed E-state index contributed by atoms with van der Waals surface area (Å²) in [6.45, 7) is 6.26. The molecule has 0 fully saturated rings. The smallest absolute Gasteiger partial charge is 0.360 e. The molecule has 0 amide bonds. The number of Topliss-reactive ketones (excluding diaryl/α,β-unsaturated/α-hetero) is 2. The van der Waals surface area contributed by atoms with E-state index < -0.39 is 17.9 Å². The fourth-order valence-corrected chi connectivity index (χ4v) is 3.45. The van der Waals surface area contributed by atoms with Gasteiger partial charge in [-0.1, -0.05) is 18.2 Å². The van der Waals surface area contributed by atoms with Crippen LogP contribution in [0.1, 0.15) is 56.4 Å². The molecule has 8 nitrogen and oxygen atoms in total. The molecule has 1 N–H and O–H groups in total. The minimum absolute atomic E-state index is 0.0498. The van der Waals surface area contributed by atoms with Gasteiger partial charge in [0.2, 0.25) is 5.78 Å². The zero-order chi connectivity index (χ0) is 21.5. The Bertz CT molecular complexity index is 1220. The monoisotopic (exact) mass is 395 g/mol. The van der Waals surface area contributed by atoms with E-state index in [1.807, 2.05) is 0 Å². The molecule has 0 spiro atoms. The Morgan fingerprint density at radius 3 is 2.34 bits per heavy atom. The number of hydrogen-bond donors (Lipinski definition) is 1. The second-order valence-corrected chi connectivity index (χ2v) is 6.92. The number of carbonyl (C=O) groups excluding carboxylic acids is 3. The fourth-order valence-electron chi connectivity index (χ4n) is 3.45. The Morgan fingerprint density at radius 1 is 1.14 bits per heavy atom. The lowest BCUT2D eigenvalue weighted by Crippen LogP contribution is -2.28. The van der Waals surface area contributed by atoms with Crippen LogP contribution in [0.3, 0.4) is 0 Å². The average molecular weight is 395 g/mol. The number of benzene rings is 1. The highest BCUT2D eigenvalue weighted by molar-refractivity contribution is 6.07. The number of hydrogen-bond acceptors (Lipinski definition) is 6. The van der Waals surface area contributed by atoms with Gasteiger partial charge in [-0.25, -0.2) is 9.48 Å². The lowest BCUT2D eigenvalue weighted by Gasteiger charge is -2.13. The first-order valence-corrected chi connectivity index (χ1v) is 9.04. The number of aromatic nitrogens is 3. The van der Waals surface area contributed by atoms with Crippen molar-refractivity contribution in [3.63, 3.8) is 0 Å². The third-order valence-corrected chi connectivity index (χ3v) is 4.84. The number of esters is 1. The van der Waals surface area contributed by atoms with Gasteiger partial charge in [-0.15, -0.1) is 0 Å². The average Bonchev–Trinajstić information content (AvgIpc) is 2.98. The van der Waals surface area contributed by atoms with Gasteiger partial charge in [0.1, 0.15) is 0 Å². The zero-order valence-corrected chi connectivity index (χ0v) is 16.8. The molecule has 0 aliphatic carbocycles. The van der Waals surface area contributed by atoms with Crippen molar-refractivity contribution in [2.24, 2.45) is 7.05 Å². The van der Waals surface area contributed by atoms with E-state index in [1.54, 1.807) is 38.1 Å². The molecule has 1 aromatic carbocycles. The maximum absolute atomic E-state index is 12.8. The number of aryl methyl sites for hydroxylation is 2. The molecule has 0 aliphatic heterocycles. The third kappa shape index (κ3) is 3.49. The van der Waals surface area contributed by atoms with Crippen LogP contribution in [0.15, 0.2) is 29.1 Å². The van der Waals surface area contributed by atoms with Gasteiger partial charge in [-0.2, -0.15) is 5.10 Å². The highest BCUT2D eigenvalue weighted by Crippen LogP contribution is 2.21. The van der Waals surface area contributed by atoms with E-state index in [1.165, 1.54) is 20.9 Å². The van der Waals surface area contributed by atoms with Gasteiger partial charge in [0.25, 0.3) is 5.56 Å². The van der Waals surface area contributed by atoms with E-state index in [4.69, 9.17) is 4.74 Å². The van der Waals surface area contributed by atoms with E-state index in [9.17, 15) is 19.2 Å². The van der Waals surface area contributed by atoms with Gasteiger partial charge >= 0.3 is 5.97 Å². The van der Waals surface area contributed by atoms with Gasteiger partial charge in [-0.05, 0) is 39.3 Å². The number of ketones is 2. The summed E-state index contributed by atoms with van der Waals surface area (Å²) in [5.41, 5.74) is 1.40. The molecular formula is C21H21N3O5. The standard InChI is InChI=1S/C21H21N3O5/c1-10-16(12(3)25)11(2)22-17(10)19(26)13(4)29-21(28)18-14-8-6-7-9-15(14)20(27)24(5)23-18/h6-9,13,22H,1-5H3/t13-/m0/s1. The summed E-state index contributed by atoms with van der Waals surface area (Å²) in [6.07, 6.45) is -1.11. The second-order valence-electron chi connectivity index (χ2n) is 6.92. The molecule has 0 unspecified atom stereocenters. The Morgan fingerprint density at radius 2 is 1.76 bits per heavy atom.